The molecule has 0 bridgehead atoms. The van der Waals surface area contributed by atoms with Gasteiger partial charge in [-0.2, -0.15) is 13.2 Å². The van der Waals surface area contributed by atoms with Gasteiger partial charge in [0.25, 0.3) is 0 Å². The van der Waals surface area contributed by atoms with Gasteiger partial charge in [0, 0.05) is 12.1 Å². The molecule has 0 aliphatic carbocycles. The van der Waals surface area contributed by atoms with Crippen molar-refractivity contribution >= 4 is 5.97 Å². The minimum Gasteiger partial charge on any atom is -0.459 e. The van der Waals surface area contributed by atoms with Crippen LogP contribution in [0, 0.1) is 11.8 Å². The summed E-state index contributed by atoms with van der Waals surface area (Å²) in [7, 11) is 1.08. The van der Waals surface area contributed by atoms with E-state index >= 15 is 0 Å². The van der Waals surface area contributed by atoms with Crippen LogP contribution < -0.4 is 0 Å². The first kappa shape index (κ1) is 12.0. The number of carbonyl (C=O) groups excluding carboxylic acids is 1. The highest BCUT2D eigenvalue weighted by Gasteiger charge is 2.33. The topological polar surface area (TPSA) is 39.2 Å². The average molecular weight is 229 g/mol. The summed E-state index contributed by atoms with van der Waals surface area (Å²) in [5.41, 5.74) is -1.48. The zero-order valence-corrected chi connectivity index (χ0v) is 8.13. The monoisotopic (exact) mass is 229 g/mol. The molecule has 1 rings (SSSR count). The Hall–Kier alpha value is -2.03. The number of rotatable bonds is 0. The maximum absolute atomic E-state index is 12.4. The van der Waals surface area contributed by atoms with Crippen molar-refractivity contribution in [1.29, 1.82) is 0 Å². The summed E-state index contributed by atoms with van der Waals surface area (Å²) >= 11 is 0. The zero-order valence-electron chi connectivity index (χ0n) is 8.13. The van der Waals surface area contributed by atoms with Crippen molar-refractivity contribution in [2.45, 2.75) is 6.18 Å². The third-order valence-electron chi connectivity index (χ3n) is 1.58. The maximum Gasteiger partial charge on any atom is 0.419 e. The minimum atomic E-state index is -4.55. The van der Waals surface area contributed by atoms with Gasteiger partial charge < -0.3 is 4.74 Å². The minimum absolute atomic E-state index is 0.500. The van der Waals surface area contributed by atoms with E-state index in [0.29, 0.717) is 0 Å². The van der Waals surface area contributed by atoms with E-state index in [-0.39, 0.29) is 0 Å². The Morgan fingerprint density at radius 1 is 1.50 bits per heavy atom. The number of halogens is 3. The molecule has 0 amide bonds. The summed E-state index contributed by atoms with van der Waals surface area (Å²) in [5.74, 6) is 2.98. The van der Waals surface area contributed by atoms with Crippen molar-refractivity contribution in [3.8, 4) is 11.8 Å². The summed E-state index contributed by atoms with van der Waals surface area (Å²) in [6.45, 7) is 0. The predicted molar refractivity (Wildman–Crippen MR) is 48.1 cm³/mol. The Bertz CT molecular complexity index is 457. The fourth-order valence-corrected chi connectivity index (χ4v) is 0.895. The van der Waals surface area contributed by atoms with Crippen molar-refractivity contribution in [2.75, 3.05) is 7.11 Å². The van der Waals surface area contributed by atoms with E-state index in [9.17, 15) is 18.0 Å². The van der Waals surface area contributed by atoms with E-state index in [0.717, 1.165) is 25.4 Å². The quantitative estimate of drug-likeness (QED) is 0.501. The number of carbonyl (C=O) groups is 1. The number of nitrogens with zero attached hydrogens (tertiary/aromatic N) is 1. The first-order valence-corrected chi connectivity index (χ1v) is 4.07. The second-order valence-electron chi connectivity index (χ2n) is 2.64. The van der Waals surface area contributed by atoms with Gasteiger partial charge >= 0.3 is 12.1 Å². The van der Waals surface area contributed by atoms with Crippen molar-refractivity contribution in [3.63, 3.8) is 0 Å². The van der Waals surface area contributed by atoms with E-state index in [1.807, 2.05) is 11.8 Å². The van der Waals surface area contributed by atoms with E-state index in [2.05, 4.69) is 9.72 Å². The Labute approximate surface area is 89.2 Å². The first-order chi connectivity index (χ1) is 7.45. The van der Waals surface area contributed by atoms with Crippen LogP contribution in [0.15, 0.2) is 18.3 Å². The van der Waals surface area contributed by atoms with Gasteiger partial charge in [-0.1, -0.05) is 0 Å². The summed E-state index contributed by atoms with van der Waals surface area (Å²) in [6, 6.07) is 1.99. The molecule has 3 nitrogen and oxygen atoms in total. The van der Waals surface area contributed by atoms with Crippen LogP contribution in [0.4, 0.5) is 13.2 Å². The molecule has 0 spiro atoms. The number of hydrogen-bond donors (Lipinski definition) is 0. The second-order valence-corrected chi connectivity index (χ2v) is 2.64. The van der Waals surface area contributed by atoms with Crippen molar-refractivity contribution < 1.29 is 22.7 Å². The predicted octanol–water partition coefficient (Wildman–Crippen LogP) is 1.62. The van der Waals surface area contributed by atoms with E-state index in [1.54, 1.807) is 0 Å². The number of hydrogen-bond acceptors (Lipinski definition) is 3. The SMILES string of the molecule is COC(=O)C#Cc1ncccc1C(F)(F)F. The molecule has 0 saturated heterocycles. The molecule has 0 unspecified atom stereocenters. The van der Waals surface area contributed by atoms with Crippen molar-refractivity contribution in [1.82, 2.24) is 4.98 Å². The molecule has 0 atom stereocenters. The number of aromatic nitrogens is 1. The summed E-state index contributed by atoms with van der Waals surface area (Å²) < 4.78 is 41.5. The lowest BCUT2D eigenvalue weighted by Gasteiger charge is -2.06. The van der Waals surface area contributed by atoms with E-state index in [1.165, 1.54) is 0 Å². The Balaban J connectivity index is 3.13. The fourth-order valence-electron chi connectivity index (χ4n) is 0.895. The van der Waals surface area contributed by atoms with Crippen LogP contribution in [-0.2, 0) is 15.7 Å². The Morgan fingerprint density at radius 2 is 2.19 bits per heavy atom. The van der Waals surface area contributed by atoms with Gasteiger partial charge in [0.05, 0.1) is 12.7 Å². The summed E-state index contributed by atoms with van der Waals surface area (Å²) in [4.78, 5) is 14.1. The summed E-state index contributed by atoms with van der Waals surface area (Å²) in [6.07, 6.45) is -3.38. The van der Waals surface area contributed by atoms with Crippen molar-refractivity contribution in [3.05, 3.63) is 29.6 Å². The lowest BCUT2D eigenvalue weighted by molar-refractivity contribution is -0.138. The maximum atomic E-state index is 12.4. The van der Waals surface area contributed by atoms with Crippen molar-refractivity contribution in [2.24, 2.45) is 0 Å². The van der Waals surface area contributed by atoms with E-state index in [4.69, 9.17) is 0 Å². The second kappa shape index (κ2) is 4.66. The third-order valence-corrected chi connectivity index (χ3v) is 1.58. The molecule has 0 aliphatic rings. The Kier molecular flexibility index (Phi) is 3.51. The molecular weight excluding hydrogens is 223 g/mol. The smallest absolute Gasteiger partial charge is 0.419 e. The lowest BCUT2D eigenvalue weighted by atomic mass is 10.2. The largest absolute Gasteiger partial charge is 0.459 e. The van der Waals surface area contributed by atoms with Gasteiger partial charge in [0.2, 0.25) is 0 Å². The number of esters is 1. The molecule has 1 aromatic rings. The normalized spacial score (nSPS) is 10.2. The van der Waals surface area contributed by atoms with Crippen LogP contribution >= 0.6 is 0 Å². The van der Waals surface area contributed by atoms with Gasteiger partial charge in [-0.05, 0) is 18.1 Å². The molecule has 0 aromatic carbocycles. The molecular formula is C10H6F3NO2. The van der Waals surface area contributed by atoms with Crippen LogP contribution in [0.3, 0.4) is 0 Å². The molecule has 1 heterocycles. The van der Waals surface area contributed by atoms with Gasteiger partial charge in [0.15, 0.2) is 0 Å². The molecule has 84 valence electrons. The van der Waals surface area contributed by atoms with Crippen LogP contribution in [0.25, 0.3) is 0 Å². The highest BCUT2D eigenvalue weighted by atomic mass is 19.4. The van der Waals surface area contributed by atoms with Crippen LogP contribution in [0.1, 0.15) is 11.3 Å². The molecule has 0 saturated carbocycles. The highest BCUT2D eigenvalue weighted by molar-refractivity contribution is 5.88. The third kappa shape index (κ3) is 2.98. The molecule has 1 aromatic heterocycles. The number of alkyl halides is 3. The van der Waals surface area contributed by atoms with Gasteiger partial charge in [-0.25, -0.2) is 9.78 Å². The molecule has 0 aliphatic heterocycles. The number of pyridine rings is 1. The molecule has 6 heteroatoms. The summed E-state index contributed by atoms with van der Waals surface area (Å²) in [5, 5.41) is 0. The first-order valence-electron chi connectivity index (χ1n) is 4.07. The van der Waals surface area contributed by atoms with Gasteiger partial charge in [0.1, 0.15) is 5.69 Å². The molecule has 0 radical (unpaired) electrons. The fraction of sp³-hybridized carbons (Fsp3) is 0.200. The van der Waals surface area contributed by atoms with Gasteiger partial charge in [-0.15, -0.1) is 0 Å². The van der Waals surface area contributed by atoms with E-state index < -0.39 is 23.4 Å². The number of ether oxygens (including phenoxy) is 1. The van der Waals surface area contributed by atoms with Crippen LogP contribution in [-0.4, -0.2) is 18.1 Å². The zero-order chi connectivity index (χ0) is 12.2. The Morgan fingerprint density at radius 3 is 2.75 bits per heavy atom. The van der Waals surface area contributed by atoms with Crippen LogP contribution in [0.5, 0.6) is 0 Å². The lowest BCUT2D eigenvalue weighted by Crippen LogP contribution is -2.09. The molecule has 16 heavy (non-hydrogen) atoms. The highest BCUT2D eigenvalue weighted by Crippen LogP contribution is 2.30. The average Bonchev–Trinajstić information content (AvgIpc) is 2.25. The molecule has 0 N–H and O–H groups in total. The standard InChI is InChI=1S/C10H6F3NO2/c1-16-9(15)5-4-8-7(10(11,12)13)3-2-6-14-8/h2-3,6H,1H3. The van der Waals surface area contributed by atoms with Gasteiger partial charge in [-0.3, -0.25) is 0 Å². The molecule has 0 fully saturated rings. The number of methoxy groups -OCH3 is 1. The van der Waals surface area contributed by atoms with Crippen LogP contribution in [0.2, 0.25) is 0 Å².